The molecular weight excluding hydrogens is 342 g/mol. The monoisotopic (exact) mass is 363 g/mol. The van der Waals surface area contributed by atoms with Crippen molar-refractivity contribution in [3.63, 3.8) is 0 Å². The maximum absolute atomic E-state index is 12.5. The van der Waals surface area contributed by atoms with Gasteiger partial charge in [0.25, 0.3) is 5.89 Å². The zero-order valence-corrected chi connectivity index (χ0v) is 15.4. The van der Waals surface area contributed by atoms with E-state index in [1.807, 2.05) is 41.3 Å². The Morgan fingerprint density at radius 2 is 2.07 bits per heavy atom. The minimum absolute atomic E-state index is 0.0513. The molecule has 2 aromatic carbocycles. The second-order valence-corrected chi connectivity index (χ2v) is 6.79. The average Bonchev–Trinajstić information content (AvgIpc) is 3.31. The Labute approximate surface area is 157 Å². The van der Waals surface area contributed by atoms with Crippen LogP contribution in [0, 0.1) is 6.92 Å². The summed E-state index contributed by atoms with van der Waals surface area (Å²) in [6, 6.07) is 15.6. The van der Waals surface area contributed by atoms with Crippen molar-refractivity contribution in [3.8, 4) is 17.2 Å². The topological polar surface area (TPSA) is 68.5 Å². The first kappa shape index (κ1) is 17.3. The van der Waals surface area contributed by atoms with E-state index in [1.54, 1.807) is 7.11 Å². The first-order chi connectivity index (χ1) is 13.1. The van der Waals surface area contributed by atoms with Crippen LogP contribution >= 0.6 is 0 Å². The molecule has 1 saturated heterocycles. The number of likely N-dealkylation sites (tertiary alicyclic amines) is 1. The third-order valence-electron chi connectivity index (χ3n) is 4.96. The Morgan fingerprint density at radius 3 is 2.89 bits per heavy atom. The minimum Gasteiger partial charge on any atom is -0.497 e. The number of hydrogen-bond acceptors (Lipinski definition) is 5. The van der Waals surface area contributed by atoms with Crippen LogP contribution in [0.5, 0.6) is 5.75 Å². The Morgan fingerprint density at radius 1 is 1.22 bits per heavy atom. The molecule has 1 amide bonds. The van der Waals surface area contributed by atoms with Crippen LogP contribution in [0.1, 0.15) is 29.3 Å². The highest BCUT2D eigenvalue weighted by Crippen LogP contribution is 2.30. The van der Waals surface area contributed by atoms with Crippen molar-refractivity contribution in [3.05, 3.63) is 65.5 Å². The Hall–Kier alpha value is -3.15. The van der Waals surface area contributed by atoms with Crippen molar-refractivity contribution < 1.29 is 14.1 Å². The maximum atomic E-state index is 12.5. The zero-order chi connectivity index (χ0) is 18.8. The minimum atomic E-state index is -0.0513. The molecule has 138 valence electrons. The lowest BCUT2D eigenvalue weighted by molar-refractivity contribution is -0.128. The van der Waals surface area contributed by atoms with Gasteiger partial charge in [0.15, 0.2) is 5.82 Å². The van der Waals surface area contributed by atoms with Crippen LogP contribution in [-0.2, 0) is 11.3 Å². The molecule has 4 rings (SSSR count). The van der Waals surface area contributed by atoms with Gasteiger partial charge < -0.3 is 14.2 Å². The van der Waals surface area contributed by atoms with E-state index in [0.29, 0.717) is 31.2 Å². The number of amides is 1. The number of carbonyl (C=O) groups excluding carboxylic acids is 1. The van der Waals surface area contributed by atoms with Crippen LogP contribution in [0.15, 0.2) is 53.1 Å². The fourth-order valence-electron chi connectivity index (χ4n) is 3.37. The first-order valence-corrected chi connectivity index (χ1v) is 8.94. The summed E-state index contributed by atoms with van der Waals surface area (Å²) >= 11 is 0. The largest absolute Gasteiger partial charge is 0.497 e. The molecule has 1 aliphatic heterocycles. The molecule has 0 saturated carbocycles. The summed E-state index contributed by atoms with van der Waals surface area (Å²) in [5.41, 5.74) is 3.15. The Balaban J connectivity index is 1.49. The van der Waals surface area contributed by atoms with Gasteiger partial charge in [-0.25, -0.2) is 0 Å². The molecule has 6 nitrogen and oxygen atoms in total. The van der Waals surface area contributed by atoms with Crippen LogP contribution < -0.4 is 4.74 Å². The number of benzene rings is 2. The van der Waals surface area contributed by atoms with Crippen LogP contribution in [0.4, 0.5) is 0 Å². The third kappa shape index (κ3) is 3.56. The summed E-state index contributed by atoms with van der Waals surface area (Å²) in [5, 5.41) is 4.12. The summed E-state index contributed by atoms with van der Waals surface area (Å²) in [6.07, 6.45) is 0.406. The highest BCUT2D eigenvalue weighted by atomic mass is 16.5. The van der Waals surface area contributed by atoms with Gasteiger partial charge in [-0.1, -0.05) is 35.5 Å². The number of aryl methyl sites for hydroxylation is 1. The lowest BCUT2D eigenvalue weighted by Gasteiger charge is -2.17. The fourth-order valence-corrected chi connectivity index (χ4v) is 3.37. The number of nitrogens with zero attached hydrogens (tertiary/aromatic N) is 3. The van der Waals surface area contributed by atoms with Gasteiger partial charge >= 0.3 is 0 Å². The average molecular weight is 363 g/mol. The Kier molecular flexibility index (Phi) is 4.62. The van der Waals surface area contributed by atoms with E-state index in [9.17, 15) is 4.79 Å². The van der Waals surface area contributed by atoms with Gasteiger partial charge in [-0.05, 0) is 36.2 Å². The van der Waals surface area contributed by atoms with Crippen LogP contribution in [0.2, 0.25) is 0 Å². The molecule has 1 fully saturated rings. The van der Waals surface area contributed by atoms with Crippen molar-refractivity contribution in [2.24, 2.45) is 0 Å². The van der Waals surface area contributed by atoms with Gasteiger partial charge in [-0.3, -0.25) is 4.79 Å². The molecular formula is C21H21N3O3. The molecule has 0 bridgehead atoms. The van der Waals surface area contributed by atoms with E-state index >= 15 is 0 Å². The summed E-state index contributed by atoms with van der Waals surface area (Å²) in [5.74, 6) is 1.82. The highest BCUT2D eigenvalue weighted by Gasteiger charge is 2.34. The zero-order valence-electron chi connectivity index (χ0n) is 15.4. The van der Waals surface area contributed by atoms with E-state index in [2.05, 4.69) is 29.2 Å². The normalized spacial score (nSPS) is 16.7. The standard InChI is InChI=1S/C21H21N3O3/c1-14-6-3-4-7-16(14)12-24-13-17(11-19(24)25)20-22-21(27-23-20)15-8-5-9-18(10-15)26-2/h3-10,17H,11-13H2,1-2H3. The van der Waals surface area contributed by atoms with Gasteiger partial charge in [0.05, 0.1) is 7.11 Å². The number of methoxy groups -OCH3 is 1. The summed E-state index contributed by atoms with van der Waals surface area (Å²) in [4.78, 5) is 18.8. The third-order valence-corrected chi connectivity index (χ3v) is 4.96. The van der Waals surface area contributed by atoms with Gasteiger partial charge in [-0.15, -0.1) is 0 Å². The van der Waals surface area contributed by atoms with Crippen molar-refractivity contribution >= 4 is 5.91 Å². The molecule has 0 radical (unpaired) electrons. The van der Waals surface area contributed by atoms with Gasteiger partial charge in [0, 0.05) is 31.0 Å². The smallest absolute Gasteiger partial charge is 0.258 e. The number of rotatable bonds is 5. The lowest BCUT2D eigenvalue weighted by atomic mass is 10.1. The number of ether oxygens (including phenoxy) is 1. The predicted molar refractivity (Wildman–Crippen MR) is 100 cm³/mol. The Bertz CT molecular complexity index is 967. The molecule has 0 spiro atoms. The molecule has 2 heterocycles. The van der Waals surface area contributed by atoms with E-state index in [1.165, 1.54) is 5.56 Å². The van der Waals surface area contributed by atoms with E-state index in [0.717, 1.165) is 16.9 Å². The predicted octanol–water partition coefficient (Wildman–Crippen LogP) is 3.57. The van der Waals surface area contributed by atoms with Gasteiger partial charge in [0.1, 0.15) is 5.75 Å². The number of hydrogen-bond donors (Lipinski definition) is 0. The molecule has 6 heteroatoms. The lowest BCUT2D eigenvalue weighted by Crippen LogP contribution is -2.24. The molecule has 1 aromatic heterocycles. The van der Waals surface area contributed by atoms with Crippen molar-refractivity contribution in [2.75, 3.05) is 13.7 Å². The fraction of sp³-hybridized carbons (Fsp3) is 0.286. The molecule has 0 N–H and O–H groups in total. The molecule has 3 aromatic rings. The number of carbonyl (C=O) groups is 1. The molecule has 1 unspecified atom stereocenters. The summed E-state index contributed by atoms with van der Waals surface area (Å²) < 4.78 is 10.7. The first-order valence-electron chi connectivity index (χ1n) is 8.94. The van der Waals surface area contributed by atoms with Crippen molar-refractivity contribution in [1.29, 1.82) is 0 Å². The molecule has 1 atom stereocenters. The van der Waals surface area contributed by atoms with E-state index < -0.39 is 0 Å². The van der Waals surface area contributed by atoms with E-state index in [-0.39, 0.29) is 11.8 Å². The van der Waals surface area contributed by atoms with Crippen molar-refractivity contribution in [1.82, 2.24) is 15.0 Å². The van der Waals surface area contributed by atoms with Crippen LogP contribution in [0.25, 0.3) is 11.5 Å². The number of aromatic nitrogens is 2. The summed E-state index contributed by atoms with van der Waals surface area (Å²) in [6.45, 7) is 3.28. The van der Waals surface area contributed by atoms with Crippen LogP contribution in [0.3, 0.4) is 0 Å². The second kappa shape index (κ2) is 7.23. The van der Waals surface area contributed by atoms with Gasteiger partial charge in [-0.2, -0.15) is 4.98 Å². The van der Waals surface area contributed by atoms with E-state index in [4.69, 9.17) is 9.26 Å². The van der Waals surface area contributed by atoms with Crippen molar-refractivity contribution in [2.45, 2.75) is 25.8 Å². The molecule has 1 aliphatic rings. The molecule has 0 aliphatic carbocycles. The SMILES string of the molecule is COc1cccc(-c2nc(C3CC(=O)N(Cc4ccccc4C)C3)no2)c1. The maximum Gasteiger partial charge on any atom is 0.258 e. The molecule has 27 heavy (non-hydrogen) atoms. The second-order valence-electron chi connectivity index (χ2n) is 6.79. The van der Waals surface area contributed by atoms with Gasteiger partial charge in [0.2, 0.25) is 5.91 Å². The highest BCUT2D eigenvalue weighted by molar-refractivity contribution is 5.79. The summed E-state index contributed by atoms with van der Waals surface area (Å²) in [7, 11) is 1.62. The van der Waals surface area contributed by atoms with Crippen LogP contribution in [-0.4, -0.2) is 34.6 Å². The quantitative estimate of drug-likeness (QED) is 0.693.